The maximum Gasteiger partial charge on any atom is 0.318 e. The van der Waals surface area contributed by atoms with Gasteiger partial charge in [0, 0.05) is 32.1 Å². The molecule has 2 fully saturated rings. The first-order valence-electron chi connectivity index (χ1n) is 16.1. The molecule has 0 saturated carbocycles. The molecule has 9 heteroatoms. The Morgan fingerprint density at radius 1 is 0.689 bits per heavy atom. The zero-order valence-corrected chi connectivity index (χ0v) is 28.4. The third kappa shape index (κ3) is 10.3. The highest BCUT2D eigenvalue weighted by Gasteiger charge is 2.48. The topological polar surface area (TPSA) is 113 Å². The number of benzene rings is 2. The van der Waals surface area contributed by atoms with Crippen molar-refractivity contribution in [2.24, 2.45) is 29.4 Å². The lowest BCUT2D eigenvalue weighted by Gasteiger charge is -2.23. The molecule has 2 amide bonds. The highest BCUT2D eigenvalue weighted by atomic mass is 16.6. The zero-order valence-electron chi connectivity index (χ0n) is 28.4. The van der Waals surface area contributed by atoms with Crippen molar-refractivity contribution in [3.63, 3.8) is 0 Å². The quantitative estimate of drug-likeness (QED) is 0.223. The molecule has 2 heterocycles. The van der Waals surface area contributed by atoms with Gasteiger partial charge < -0.3 is 20.3 Å². The molecule has 0 radical (unpaired) electrons. The van der Waals surface area contributed by atoms with Crippen LogP contribution in [0.2, 0.25) is 0 Å². The Labute approximate surface area is 270 Å². The van der Waals surface area contributed by atoms with Crippen LogP contribution in [0.15, 0.2) is 60.7 Å². The van der Waals surface area contributed by atoms with Crippen LogP contribution in [0.5, 0.6) is 0 Å². The second-order valence-corrected chi connectivity index (χ2v) is 12.4. The number of imide groups is 1. The van der Waals surface area contributed by atoms with Crippen LogP contribution >= 0.6 is 0 Å². The van der Waals surface area contributed by atoms with E-state index < -0.39 is 5.97 Å². The SMILES string of the molecule is CCC(c1ccccc1)C1C(=O)N(CCN(C)C)C(=O)C1C.CCC(c1ccccc1)C1C(=O)OC(=O)C1C.CN(C)CCN. The standard InChI is InChI=1S/C18H26N2O2.C14H16O3.C4H12N2/c1-5-15(14-9-7-6-8-10-14)16-13(2)17(21)20(18(16)22)12-11-19(3)4;1-3-11(10-7-5-4-6-8-10)12-9(2)13(15)17-14(12)16;1-6(2)4-3-5/h6-10,13,15-16H,5,11-12H2,1-4H3;4-9,11-12H,3H2,1-2H3;3-5H2,1-2H3. The van der Waals surface area contributed by atoms with E-state index in [4.69, 9.17) is 10.5 Å². The number of likely N-dealkylation sites (tertiary alicyclic amines) is 1. The van der Waals surface area contributed by atoms with E-state index in [1.165, 1.54) is 4.90 Å². The summed E-state index contributed by atoms with van der Waals surface area (Å²) in [6.45, 7) is 10.7. The smallest absolute Gasteiger partial charge is 0.318 e. The van der Waals surface area contributed by atoms with Crippen LogP contribution in [-0.4, -0.2) is 92.8 Å². The first-order chi connectivity index (χ1) is 21.4. The van der Waals surface area contributed by atoms with Crippen LogP contribution in [0.25, 0.3) is 0 Å². The number of ether oxygens (including phenoxy) is 1. The van der Waals surface area contributed by atoms with E-state index in [0.29, 0.717) is 13.1 Å². The largest absolute Gasteiger partial charge is 0.393 e. The number of likely N-dealkylation sites (N-methyl/N-ethyl adjacent to an activating group) is 2. The molecule has 2 aliphatic heterocycles. The first kappa shape index (κ1) is 37.8. The molecule has 4 rings (SSSR count). The van der Waals surface area contributed by atoms with Crippen molar-refractivity contribution in [2.75, 3.05) is 54.4 Å². The Morgan fingerprint density at radius 3 is 1.51 bits per heavy atom. The second kappa shape index (κ2) is 18.5. The number of carbonyl (C=O) groups excluding carboxylic acids is 4. The molecule has 248 valence electrons. The van der Waals surface area contributed by atoms with E-state index in [1.807, 2.05) is 95.5 Å². The lowest BCUT2D eigenvalue weighted by Crippen LogP contribution is -2.37. The molecule has 2 aliphatic rings. The Morgan fingerprint density at radius 2 is 1.16 bits per heavy atom. The Balaban J connectivity index is 0.000000272. The number of rotatable bonds is 11. The van der Waals surface area contributed by atoms with E-state index in [9.17, 15) is 19.2 Å². The second-order valence-electron chi connectivity index (χ2n) is 12.4. The first-order valence-corrected chi connectivity index (χ1v) is 16.1. The number of carbonyl (C=O) groups is 4. The van der Waals surface area contributed by atoms with Crippen molar-refractivity contribution in [3.8, 4) is 0 Å². The summed E-state index contributed by atoms with van der Waals surface area (Å²) in [5.74, 6) is -1.78. The number of hydrogen-bond donors (Lipinski definition) is 1. The van der Waals surface area contributed by atoms with Gasteiger partial charge in [0.1, 0.15) is 0 Å². The Hall–Kier alpha value is -3.40. The summed E-state index contributed by atoms with van der Waals surface area (Å²) in [5.41, 5.74) is 7.43. The van der Waals surface area contributed by atoms with Crippen LogP contribution in [0, 0.1) is 23.7 Å². The van der Waals surface area contributed by atoms with Gasteiger partial charge in [0.15, 0.2) is 0 Å². The van der Waals surface area contributed by atoms with Crippen LogP contribution in [0.4, 0.5) is 0 Å². The van der Waals surface area contributed by atoms with Gasteiger partial charge in [0.05, 0.1) is 17.8 Å². The summed E-state index contributed by atoms with van der Waals surface area (Å²) in [7, 11) is 7.91. The molecule has 0 aromatic heterocycles. The maximum atomic E-state index is 12.8. The third-order valence-electron chi connectivity index (χ3n) is 8.68. The summed E-state index contributed by atoms with van der Waals surface area (Å²) in [5, 5.41) is 0. The molecule has 6 atom stereocenters. The Bertz CT molecular complexity index is 1220. The maximum absolute atomic E-state index is 12.8. The van der Waals surface area contributed by atoms with Gasteiger partial charge in [0.25, 0.3) is 0 Å². The minimum Gasteiger partial charge on any atom is -0.393 e. The van der Waals surface area contributed by atoms with Crippen LogP contribution in [-0.2, 0) is 23.9 Å². The number of nitrogens with two attached hydrogens (primary N) is 1. The number of hydrogen-bond acceptors (Lipinski definition) is 8. The molecule has 0 bridgehead atoms. The minimum atomic E-state index is -0.394. The van der Waals surface area contributed by atoms with Crippen molar-refractivity contribution in [3.05, 3.63) is 71.8 Å². The fourth-order valence-electron chi connectivity index (χ4n) is 6.12. The number of cyclic esters (lactones) is 2. The van der Waals surface area contributed by atoms with Crippen molar-refractivity contribution >= 4 is 23.8 Å². The molecule has 45 heavy (non-hydrogen) atoms. The third-order valence-corrected chi connectivity index (χ3v) is 8.68. The number of esters is 2. The highest BCUT2D eigenvalue weighted by molar-refractivity contribution is 6.05. The molecule has 2 aromatic carbocycles. The summed E-state index contributed by atoms with van der Waals surface area (Å²) >= 11 is 0. The van der Waals surface area contributed by atoms with Gasteiger partial charge in [-0.05, 0) is 64.0 Å². The van der Waals surface area contributed by atoms with E-state index in [-0.39, 0.29) is 53.3 Å². The molecule has 0 spiro atoms. The normalized spacial score (nSPS) is 22.5. The predicted octanol–water partition coefficient (Wildman–Crippen LogP) is 4.39. The summed E-state index contributed by atoms with van der Waals surface area (Å²) in [6.07, 6.45) is 1.68. The van der Waals surface area contributed by atoms with Crippen molar-refractivity contribution in [2.45, 2.75) is 52.4 Å². The van der Waals surface area contributed by atoms with Crippen LogP contribution < -0.4 is 5.73 Å². The fourth-order valence-corrected chi connectivity index (χ4v) is 6.12. The molecule has 2 saturated heterocycles. The van der Waals surface area contributed by atoms with E-state index >= 15 is 0 Å². The summed E-state index contributed by atoms with van der Waals surface area (Å²) in [6, 6.07) is 19.9. The lowest BCUT2D eigenvalue weighted by molar-refractivity contribution is -0.154. The van der Waals surface area contributed by atoms with Gasteiger partial charge in [-0.25, -0.2) is 0 Å². The van der Waals surface area contributed by atoms with Crippen LogP contribution in [0.1, 0.15) is 63.5 Å². The van der Waals surface area contributed by atoms with Gasteiger partial charge in [-0.1, -0.05) is 88.4 Å². The van der Waals surface area contributed by atoms with Crippen molar-refractivity contribution in [1.82, 2.24) is 14.7 Å². The monoisotopic (exact) mass is 622 g/mol. The van der Waals surface area contributed by atoms with Gasteiger partial charge in [-0.3, -0.25) is 24.1 Å². The van der Waals surface area contributed by atoms with Crippen molar-refractivity contribution < 1.29 is 23.9 Å². The molecule has 0 aliphatic carbocycles. The molecular formula is C36H54N4O5. The lowest BCUT2D eigenvalue weighted by atomic mass is 9.78. The fraction of sp³-hybridized carbons (Fsp3) is 0.556. The van der Waals surface area contributed by atoms with Gasteiger partial charge in [-0.2, -0.15) is 0 Å². The van der Waals surface area contributed by atoms with Gasteiger partial charge in [0.2, 0.25) is 11.8 Å². The van der Waals surface area contributed by atoms with Crippen LogP contribution in [0.3, 0.4) is 0 Å². The molecular weight excluding hydrogens is 568 g/mol. The van der Waals surface area contributed by atoms with E-state index in [1.54, 1.807) is 6.92 Å². The molecule has 2 N–H and O–H groups in total. The summed E-state index contributed by atoms with van der Waals surface area (Å²) < 4.78 is 4.71. The predicted molar refractivity (Wildman–Crippen MR) is 178 cm³/mol. The minimum absolute atomic E-state index is 0.00458. The molecule has 2 aromatic rings. The van der Waals surface area contributed by atoms with Gasteiger partial charge in [-0.15, -0.1) is 0 Å². The van der Waals surface area contributed by atoms with Gasteiger partial charge >= 0.3 is 11.9 Å². The average molecular weight is 623 g/mol. The zero-order chi connectivity index (χ0) is 33.7. The molecule has 6 unspecified atom stereocenters. The highest BCUT2D eigenvalue weighted by Crippen LogP contribution is 2.40. The van der Waals surface area contributed by atoms with E-state index in [0.717, 1.165) is 37.1 Å². The number of nitrogens with zero attached hydrogens (tertiary/aromatic N) is 3. The Kier molecular flexibility index (Phi) is 15.6. The van der Waals surface area contributed by atoms with E-state index in [2.05, 4.69) is 24.0 Å². The summed E-state index contributed by atoms with van der Waals surface area (Å²) in [4.78, 5) is 53.9. The van der Waals surface area contributed by atoms with Crippen molar-refractivity contribution in [1.29, 1.82) is 0 Å². The number of amides is 2. The average Bonchev–Trinajstić information content (AvgIpc) is 3.39. The molecule has 9 nitrogen and oxygen atoms in total.